The van der Waals surface area contributed by atoms with Crippen LogP contribution < -0.4 is 5.73 Å². The Morgan fingerprint density at radius 1 is 1.62 bits per heavy atom. The van der Waals surface area contributed by atoms with Crippen molar-refractivity contribution in [3.05, 3.63) is 35.4 Å². The van der Waals surface area contributed by atoms with E-state index in [1.54, 1.807) is 6.07 Å². The van der Waals surface area contributed by atoms with Gasteiger partial charge in [-0.1, -0.05) is 36.7 Å². The lowest BCUT2D eigenvalue weighted by atomic mass is 10.1. The first-order valence-electron chi connectivity index (χ1n) is 4.18. The Morgan fingerprint density at radius 2 is 2.31 bits per heavy atom. The van der Waals surface area contributed by atoms with E-state index in [1.165, 1.54) is 0 Å². The molecule has 1 unspecified atom stereocenters. The molecule has 0 saturated carbocycles. The fourth-order valence-corrected chi connectivity index (χ4v) is 1.23. The maximum absolute atomic E-state index is 11.4. The number of hydrogen-bond donors (Lipinski definition) is 1. The molecular formula is C10H12ClNO. The molecule has 0 aliphatic heterocycles. The minimum Gasteiger partial charge on any atom is -0.309 e. The Kier molecular flexibility index (Phi) is 3.46. The summed E-state index contributed by atoms with van der Waals surface area (Å²) >= 11 is 5.49. The summed E-state index contributed by atoms with van der Waals surface area (Å²) in [6.07, 6.45) is 0.901. The van der Waals surface area contributed by atoms with E-state index in [2.05, 4.69) is 0 Å². The molecule has 0 radical (unpaired) electrons. The number of nitrogens with two attached hydrogens (primary N) is 1. The maximum Gasteiger partial charge on any atom is 0.194 e. The standard InChI is InChI=1S/C10H12ClNO/c1-2-7-4-3-5-8(6-7)9(13)10(11)12/h3-6,10H,2,12H2,1H3. The molecule has 1 rings (SSSR count). The molecule has 0 amide bonds. The zero-order chi connectivity index (χ0) is 9.84. The predicted octanol–water partition coefficient (Wildman–Crippen LogP) is 1.96. The quantitative estimate of drug-likeness (QED) is 0.457. The fraction of sp³-hybridized carbons (Fsp3) is 0.300. The van der Waals surface area contributed by atoms with Gasteiger partial charge < -0.3 is 5.73 Å². The van der Waals surface area contributed by atoms with Gasteiger partial charge in [-0.2, -0.15) is 0 Å². The van der Waals surface area contributed by atoms with E-state index >= 15 is 0 Å². The Morgan fingerprint density at radius 3 is 2.85 bits per heavy atom. The number of alkyl halides is 1. The first kappa shape index (κ1) is 10.2. The normalized spacial score (nSPS) is 12.5. The summed E-state index contributed by atoms with van der Waals surface area (Å²) < 4.78 is 0. The molecule has 2 N–H and O–H groups in total. The summed E-state index contributed by atoms with van der Waals surface area (Å²) in [5.74, 6) is -0.225. The van der Waals surface area contributed by atoms with Gasteiger partial charge in [0.2, 0.25) is 0 Å². The minimum absolute atomic E-state index is 0.225. The third kappa shape index (κ3) is 2.54. The van der Waals surface area contributed by atoms with Crippen LogP contribution in [0, 0.1) is 0 Å². The van der Waals surface area contributed by atoms with Crippen molar-refractivity contribution >= 4 is 17.4 Å². The lowest BCUT2D eigenvalue weighted by Gasteiger charge is -2.03. The van der Waals surface area contributed by atoms with Crippen LogP contribution in [0.3, 0.4) is 0 Å². The summed E-state index contributed by atoms with van der Waals surface area (Å²) in [5, 5.41) is 0. The van der Waals surface area contributed by atoms with Crippen LogP contribution in [0.25, 0.3) is 0 Å². The van der Waals surface area contributed by atoms with Crippen LogP contribution >= 0.6 is 11.6 Å². The Balaban J connectivity index is 2.95. The van der Waals surface area contributed by atoms with Crippen LogP contribution in [0.2, 0.25) is 0 Å². The summed E-state index contributed by atoms with van der Waals surface area (Å²) in [4.78, 5) is 11.4. The average molecular weight is 198 g/mol. The SMILES string of the molecule is CCc1cccc(C(=O)C(N)Cl)c1. The highest BCUT2D eigenvalue weighted by Crippen LogP contribution is 2.09. The molecular weight excluding hydrogens is 186 g/mol. The number of ketones is 1. The first-order valence-corrected chi connectivity index (χ1v) is 4.61. The summed E-state index contributed by atoms with van der Waals surface area (Å²) in [6.45, 7) is 2.03. The minimum atomic E-state index is -0.938. The zero-order valence-corrected chi connectivity index (χ0v) is 8.21. The van der Waals surface area contributed by atoms with Crippen LogP contribution in [-0.4, -0.2) is 11.3 Å². The summed E-state index contributed by atoms with van der Waals surface area (Å²) in [7, 11) is 0. The van der Waals surface area contributed by atoms with E-state index in [0.29, 0.717) is 5.56 Å². The van der Waals surface area contributed by atoms with Gasteiger partial charge in [0.05, 0.1) is 0 Å². The summed E-state index contributed by atoms with van der Waals surface area (Å²) in [5.41, 5.74) is 6.04. The van der Waals surface area contributed by atoms with Crippen molar-refractivity contribution in [2.24, 2.45) is 5.73 Å². The van der Waals surface area contributed by atoms with Gasteiger partial charge >= 0.3 is 0 Å². The van der Waals surface area contributed by atoms with Crippen molar-refractivity contribution in [2.45, 2.75) is 18.8 Å². The lowest BCUT2D eigenvalue weighted by Crippen LogP contribution is -2.24. The predicted molar refractivity (Wildman–Crippen MR) is 54.0 cm³/mol. The second-order valence-corrected chi connectivity index (χ2v) is 3.29. The van der Waals surface area contributed by atoms with Crippen LogP contribution in [0.15, 0.2) is 24.3 Å². The van der Waals surface area contributed by atoms with Crippen LogP contribution in [-0.2, 0) is 6.42 Å². The molecule has 0 aromatic heterocycles. The number of hydrogen-bond acceptors (Lipinski definition) is 2. The van der Waals surface area contributed by atoms with Crippen molar-refractivity contribution in [1.82, 2.24) is 0 Å². The van der Waals surface area contributed by atoms with Crippen LogP contribution in [0.4, 0.5) is 0 Å². The third-order valence-electron chi connectivity index (χ3n) is 1.87. The number of benzene rings is 1. The number of aryl methyl sites for hydroxylation is 1. The number of carbonyl (C=O) groups is 1. The Hall–Kier alpha value is -0.860. The molecule has 0 spiro atoms. The molecule has 1 aromatic carbocycles. The van der Waals surface area contributed by atoms with Gasteiger partial charge in [0.25, 0.3) is 0 Å². The molecule has 3 heteroatoms. The smallest absolute Gasteiger partial charge is 0.194 e. The molecule has 13 heavy (non-hydrogen) atoms. The van der Waals surface area contributed by atoms with Gasteiger partial charge in [-0.25, -0.2) is 0 Å². The van der Waals surface area contributed by atoms with Gasteiger partial charge in [0.1, 0.15) is 5.50 Å². The van der Waals surface area contributed by atoms with E-state index in [0.717, 1.165) is 12.0 Å². The molecule has 0 fully saturated rings. The largest absolute Gasteiger partial charge is 0.309 e. The molecule has 70 valence electrons. The van der Waals surface area contributed by atoms with Crippen molar-refractivity contribution < 1.29 is 4.79 Å². The fourth-order valence-electron chi connectivity index (χ4n) is 1.10. The highest BCUT2D eigenvalue weighted by atomic mass is 35.5. The van der Waals surface area contributed by atoms with Gasteiger partial charge in [-0.3, -0.25) is 4.79 Å². The molecule has 1 aromatic rings. The maximum atomic E-state index is 11.4. The second kappa shape index (κ2) is 4.40. The molecule has 0 saturated heterocycles. The average Bonchev–Trinajstić information content (AvgIpc) is 2.16. The Bertz CT molecular complexity index is 310. The van der Waals surface area contributed by atoms with Crippen LogP contribution in [0.1, 0.15) is 22.8 Å². The molecule has 0 bridgehead atoms. The highest BCUT2D eigenvalue weighted by Gasteiger charge is 2.12. The number of halogens is 1. The molecule has 0 aliphatic carbocycles. The van der Waals surface area contributed by atoms with Crippen molar-refractivity contribution in [3.8, 4) is 0 Å². The molecule has 0 aliphatic rings. The third-order valence-corrected chi connectivity index (χ3v) is 2.07. The highest BCUT2D eigenvalue weighted by molar-refractivity contribution is 6.33. The van der Waals surface area contributed by atoms with E-state index in [4.69, 9.17) is 17.3 Å². The zero-order valence-electron chi connectivity index (χ0n) is 7.46. The van der Waals surface area contributed by atoms with E-state index in [-0.39, 0.29) is 5.78 Å². The van der Waals surface area contributed by atoms with Gasteiger partial charge in [-0.05, 0) is 18.1 Å². The van der Waals surface area contributed by atoms with Gasteiger partial charge in [-0.15, -0.1) is 0 Å². The second-order valence-electron chi connectivity index (χ2n) is 2.82. The van der Waals surface area contributed by atoms with E-state index < -0.39 is 5.50 Å². The van der Waals surface area contributed by atoms with Crippen molar-refractivity contribution in [2.75, 3.05) is 0 Å². The number of carbonyl (C=O) groups excluding carboxylic acids is 1. The molecule has 2 nitrogen and oxygen atoms in total. The molecule has 0 heterocycles. The number of Topliss-reactive ketones (excluding diaryl/α,β-unsaturated/α-hetero) is 1. The van der Waals surface area contributed by atoms with Gasteiger partial charge in [0.15, 0.2) is 5.78 Å². The van der Waals surface area contributed by atoms with Crippen molar-refractivity contribution in [3.63, 3.8) is 0 Å². The lowest BCUT2D eigenvalue weighted by molar-refractivity contribution is 0.0988. The van der Waals surface area contributed by atoms with Gasteiger partial charge in [0, 0.05) is 5.56 Å². The first-order chi connectivity index (χ1) is 6.15. The summed E-state index contributed by atoms with van der Waals surface area (Å²) in [6, 6.07) is 7.36. The van der Waals surface area contributed by atoms with Crippen LogP contribution in [0.5, 0.6) is 0 Å². The molecule has 1 atom stereocenters. The topological polar surface area (TPSA) is 43.1 Å². The van der Waals surface area contributed by atoms with E-state index in [9.17, 15) is 4.79 Å². The Labute approximate surface area is 82.7 Å². The number of rotatable bonds is 3. The van der Waals surface area contributed by atoms with E-state index in [1.807, 2.05) is 25.1 Å². The van der Waals surface area contributed by atoms with Crippen molar-refractivity contribution in [1.29, 1.82) is 0 Å². The monoisotopic (exact) mass is 197 g/mol.